The Balaban J connectivity index is 2.63. The molecule has 6 nitrogen and oxygen atoms in total. The van der Waals surface area contributed by atoms with Crippen LogP contribution >= 0.6 is 0 Å². The number of nitro groups is 1. The fourth-order valence-electron chi connectivity index (χ4n) is 1.66. The van der Waals surface area contributed by atoms with E-state index in [4.69, 9.17) is 0 Å². The smallest absolute Gasteiger partial charge is 0.272 e. The van der Waals surface area contributed by atoms with E-state index in [0.717, 1.165) is 0 Å². The molecule has 0 saturated carbocycles. The number of benzene rings is 1. The Labute approximate surface area is 111 Å². The van der Waals surface area contributed by atoms with Gasteiger partial charge in [-0.2, -0.15) is 0 Å². The molecular formula is C13H18N2O4. The van der Waals surface area contributed by atoms with Crippen molar-refractivity contribution in [1.29, 1.82) is 0 Å². The summed E-state index contributed by atoms with van der Waals surface area (Å²) in [5, 5.41) is 22.7. The lowest BCUT2D eigenvalue weighted by molar-refractivity contribution is -0.385. The van der Waals surface area contributed by atoms with Gasteiger partial charge in [-0.15, -0.1) is 0 Å². The molecule has 0 saturated heterocycles. The average Bonchev–Trinajstić information content (AvgIpc) is 2.37. The molecule has 0 radical (unpaired) electrons. The molecule has 0 aliphatic carbocycles. The van der Waals surface area contributed by atoms with Gasteiger partial charge in [-0.25, -0.2) is 0 Å². The highest BCUT2D eigenvalue weighted by atomic mass is 16.6. The fourth-order valence-corrected chi connectivity index (χ4v) is 1.66. The molecule has 0 aromatic heterocycles. The van der Waals surface area contributed by atoms with Crippen LogP contribution in [0.2, 0.25) is 0 Å². The second-order valence-electron chi connectivity index (χ2n) is 4.37. The third-order valence-corrected chi connectivity index (χ3v) is 2.89. The fraction of sp³-hybridized carbons (Fsp3) is 0.462. The number of aryl methyl sites for hydroxylation is 1. The van der Waals surface area contributed by atoms with Crippen LogP contribution in [0.5, 0.6) is 0 Å². The summed E-state index contributed by atoms with van der Waals surface area (Å²) in [6, 6.07) is 4.24. The van der Waals surface area contributed by atoms with Gasteiger partial charge in [0.15, 0.2) is 0 Å². The highest BCUT2D eigenvalue weighted by Gasteiger charge is 2.13. The maximum atomic E-state index is 11.8. The van der Waals surface area contributed by atoms with Crippen LogP contribution in [0.25, 0.3) is 0 Å². The molecule has 1 amide bonds. The van der Waals surface area contributed by atoms with Crippen LogP contribution in [-0.4, -0.2) is 28.6 Å². The highest BCUT2D eigenvalue weighted by Crippen LogP contribution is 2.18. The Kier molecular flexibility index (Phi) is 5.44. The first kappa shape index (κ1) is 15.1. The maximum Gasteiger partial charge on any atom is 0.272 e. The molecule has 1 unspecified atom stereocenters. The normalized spacial score (nSPS) is 11.9. The molecule has 0 spiro atoms. The summed E-state index contributed by atoms with van der Waals surface area (Å²) in [5.41, 5.74) is 0.832. The van der Waals surface area contributed by atoms with E-state index in [9.17, 15) is 20.0 Å². The quantitative estimate of drug-likeness (QED) is 0.606. The van der Waals surface area contributed by atoms with Crippen molar-refractivity contribution >= 4 is 11.6 Å². The number of hydrogen-bond donors (Lipinski definition) is 2. The summed E-state index contributed by atoms with van der Waals surface area (Å²) < 4.78 is 0. The zero-order chi connectivity index (χ0) is 14.4. The SMILES string of the molecule is CCC(O)CCNC(=O)c1ccc([N+](=O)[O-])c(C)c1. The minimum atomic E-state index is -0.478. The molecule has 0 aliphatic heterocycles. The molecule has 1 atom stereocenters. The Hall–Kier alpha value is -1.95. The molecule has 1 aromatic rings. The van der Waals surface area contributed by atoms with E-state index >= 15 is 0 Å². The Morgan fingerprint density at radius 2 is 2.21 bits per heavy atom. The van der Waals surface area contributed by atoms with E-state index in [1.807, 2.05) is 6.92 Å². The van der Waals surface area contributed by atoms with Crippen LogP contribution in [0.3, 0.4) is 0 Å². The van der Waals surface area contributed by atoms with Gasteiger partial charge >= 0.3 is 0 Å². The Bertz CT molecular complexity index is 474. The van der Waals surface area contributed by atoms with Gasteiger partial charge in [-0.1, -0.05) is 6.92 Å². The van der Waals surface area contributed by atoms with Gasteiger partial charge in [0.2, 0.25) is 0 Å². The number of carbonyl (C=O) groups excluding carboxylic acids is 1. The summed E-state index contributed by atoms with van der Waals surface area (Å²) >= 11 is 0. The first-order valence-corrected chi connectivity index (χ1v) is 6.17. The van der Waals surface area contributed by atoms with E-state index in [1.54, 1.807) is 6.92 Å². The molecule has 1 aromatic carbocycles. The number of carbonyl (C=O) groups is 1. The summed E-state index contributed by atoms with van der Waals surface area (Å²) in [5.74, 6) is -0.290. The first-order chi connectivity index (χ1) is 8.95. The van der Waals surface area contributed by atoms with Crippen molar-refractivity contribution in [2.24, 2.45) is 0 Å². The van der Waals surface area contributed by atoms with Gasteiger partial charge in [0.1, 0.15) is 0 Å². The van der Waals surface area contributed by atoms with E-state index in [-0.39, 0.29) is 11.6 Å². The van der Waals surface area contributed by atoms with Crippen LogP contribution in [0.1, 0.15) is 35.7 Å². The van der Waals surface area contributed by atoms with Crippen LogP contribution in [-0.2, 0) is 0 Å². The molecule has 2 N–H and O–H groups in total. The van der Waals surface area contributed by atoms with Crippen LogP contribution in [0.4, 0.5) is 5.69 Å². The van der Waals surface area contributed by atoms with Gasteiger partial charge in [-0.05, 0) is 31.9 Å². The molecule has 19 heavy (non-hydrogen) atoms. The van der Waals surface area contributed by atoms with E-state index in [2.05, 4.69) is 5.32 Å². The molecule has 0 heterocycles. The summed E-state index contributed by atoms with van der Waals surface area (Å²) in [7, 11) is 0. The van der Waals surface area contributed by atoms with Crippen LogP contribution in [0, 0.1) is 17.0 Å². The summed E-state index contributed by atoms with van der Waals surface area (Å²) in [6.07, 6.45) is 0.722. The first-order valence-electron chi connectivity index (χ1n) is 6.17. The zero-order valence-corrected chi connectivity index (χ0v) is 11.0. The standard InChI is InChI=1S/C13H18N2O4/c1-3-11(16)6-7-14-13(17)10-4-5-12(15(18)19)9(2)8-10/h4-5,8,11,16H,3,6-7H2,1-2H3,(H,14,17). The third kappa shape index (κ3) is 4.33. The molecule has 0 bridgehead atoms. The second-order valence-corrected chi connectivity index (χ2v) is 4.37. The van der Waals surface area contributed by atoms with Crippen molar-refractivity contribution < 1.29 is 14.8 Å². The third-order valence-electron chi connectivity index (χ3n) is 2.89. The lowest BCUT2D eigenvalue weighted by atomic mass is 10.1. The minimum Gasteiger partial charge on any atom is -0.393 e. The second kappa shape index (κ2) is 6.84. The van der Waals surface area contributed by atoms with Gasteiger partial charge in [0.25, 0.3) is 11.6 Å². The molecular weight excluding hydrogens is 248 g/mol. The molecule has 104 valence electrons. The van der Waals surface area contributed by atoms with E-state index < -0.39 is 11.0 Å². The number of aliphatic hydroxyl groups is 1. The molecule has 0 fully saturated rings. The number of rotatable bonds is 6. The number of hydrogen-bond acceptors (Lipinski definition) is 4. The van der Waals surface area contributed by atoms with Crippen molar-refractivity contribution in [3.8, 4) is 0 Å². The van der Waals surface area contributed by atoms with Gasteiger partial charge in [0.05, 0.1) is 11.0 Å². The summed E-state index contributed by atoms with van der Waals surface area (Å²) in [4.78, 5) is 22.0. The zero-order valence-electron chi connectivity index (χ0n) is 11.0. The number of amides is 1. The lowest BCUT2D eigenvalue weighted by Gasteiger charge is -2.09. The van der Waals surface area contributed by atoms with Gasteiger partial charge in [-0.3, -0.25) is 14.9 Å². The van der Waals surface area contributed by atoms with Gasteiger partial charge < -0.3 is 10.4 Å². The van der Waals surface area contributed by atoms with E-state index in [1.165, 1.54) is 18.2 Å². The number of nitro benzene ring substituents is 1. The van der Waals surface area contributed by atoms with Crippen molar-refractivity contribution in [2.45, 2.75) is 32.8 Å². The van der Waals surface area contributed by atoms with Crippen molar-refractivity contribution in [3.63, 3.8) is 0 Å². The minimum absolute atomic E-state index is 0.00189. The predicted molar refractivity (Wildman–Crippen MR) is 71.1 cm³/mol. The molecule has 6 heteroatoms. The highest BCUT2D eigenvalue weighted by molar-refractivity contribution is 5.94. The predicted octanol–water partition coefficient (Wildman–Crippen LogP) is 1.79. The number of aliphatic hydroxyl groups excluding tert-OH is 1. The number of nitrogens with one attached hydrogen (secondary N) is 1. The average molecular weight is 266 g/mol. The molecule has 1 rings (SSSR count). The van der Waals surface area contributed by atoms with E-state index in [0.29, 0.717) is 30.5 Å². The lowest BCUT2D eigenvalue weighted by Crippen LogP contribution is -2.27. The Morgan fingerprint density at radius 1 is 1.53 bits per heavy atom. The Morgan fingerprint density at radius 3 is 2.74 bits per heavy atom. The topological polar surface area (TPSA) is 92.5 Å². The van der Waals surface area contributed by atoms with Crippen LogP contribution in [0.15, 0.2) is 18.2 Å². The van der Waals surface area contributed by atoms with Crippen LogP contribution < -0.4 is 5.32 Å². The monoisotopic (exact) mass is 266 g/mol. The number of nitrogens with zero attached hydrogens (tertiary/aromatic N) is 1. The van der Waals surface area contributed by atoms with Crippen molar-refractivity contribution in [3.05, 3.63) is 39.4 Å². The van der Waals surface area contributed by atoms with Gasteiger partial charge in [0, 0.05) is 23.7 Å². The maximum absolute atomic E-state index is 11.8. The summed E-state index contributed by atoms with van der Waals surface area (Å²) in [6.45, 7) is 3.84. The molecule has 0 aliphatic rings. The van der Waals surface area contributed by atoms with Crippen molar-refractivity contribution in [2.75, 3.05) is 6.54 Å². The van der Waals surface area contributed by atoms with Crippen molar-refractivity contribution in [1.82, 2.24) is 5.32 Å². The largest absolute Gasteiger partial charge is 0.393 e.